The normalized spacial score (nSPS) is 11.3. The van der Waals surface area contributed by atoms with Crippen molar-refractivity contribution >= 4 is 40.8 Å². The average Bonchev–Trinajstić information content (AvgIpc) is 2.95. The Bertz CT molecular complexity index is 904. The molecular weight excluding hydrogens is 451 g/mol. The molecule has 0 amide bonds. The molecule has 2 aromatic carbocycles. The third-order valence-electron chi connectivity index (χ3n) is 4.37. The highest BCUT2D eigenvalue weighted by molar-refractivity contribution is 14.0. The summed E-state index contributed by atoms with van der Waals surface area (Å²) in [5.41, 5.74) is 4.73. The van der Waals surface area contributed by atoms with Crippen molar-refractivity contribution in [2.24, 2.45) is 4.99 Å². The molecular formula is C21H27IN4O. The molecule has 0 aliphatic carbocycles. The van der Waals surface area contributed by atoms with Crippen LogP contribution in [0.4, 0.5) is 0 Å². The Balaban J connectivity index is 0.00000261. The molecule has 0 unspecified atom stereocenters. The highest BCUT2D eigenvalue weighted by atomic mass is 127. The van der Waals surface area contributed by atoms with E-state index in [4.69, 9.17) is 0 Å². The molecule has 0 aliphatic rings. The van der Waals surface area contributed by atoms with Crippen LogP contribution in [0.15, 0.2) is 53.5 Å². The lowest BCUT2D eigenvalue weighted by Gasteiger charge is -2.11. The molecule has 0 atom stereocenters. The van der Waals surface area contributed by atoms with Gasteiger partial charge in [-0.25, -0.2) is 4.99 Å². The third kappa shape index (κ3) is 5.63. The number of aryl methyl sites for hydroxylation is 1. The van der Waals surface area contributed by atoms with Crippen molar-refractivity contribution in [1.82, 2.24) is 15.6 Å². The number of benzene rings is 2. The Labute approximate surface area is 177 Å². The molecule has 6 heteroatoms. The lowest BCUT2D eigenvalue weighted by atomic mass is 10.1. The van der Waals surface area contributed by atoms with E-state index >= 15 is 0 Å². The van der Waals surface area contributed by atoms with E-state index < -0.39 is 0 Å². The number of aromatic nitrogens is 1. The van der Waals surface area contributed by atoms with E-state index in [9.17, 15) is 5.11 Å². The van der Waals surface area contributed by atoms with E-state index in [-0.39, 0.29) is 29.7 Å². The molecule has 0 radical (unpaired) electrons. The number of fused-ring (bicyclic) bond motifs is 1. The zero-order valence-electron chi connectivity index (χ0n) is 15.7. The summed E-state index contributed by atoms with van der Waals surface area (Å²) in [7, 11) is 0. The largest absolute Gasteiger partial charge is 0.508 e. The summed E-state index contributed by atoms with van der Waals surface area (Å²) in [6, 6.07) is 15.6. The minimum absolute atomic E-state index is 0. The van der Waals surface area contributed by atoms with Crippen LogP contribution in [-0.2, 0) is 13.0 Å². The van der Waals surface area contributed by atoms with E-state index in [0.717, 1.165) is 31.0 Å². The molecule has 1 heterocycles. The summed E-state index contributed by atoms with van der Waals surface area (Å²) in [5, 5.41) is 17.5. The predicted octanol–water partition coefficient (Wildman–Crippen LogP) is 4.10. The fraction of sp³-hybridized carbons (Fsp3) is 0.286. The number of phenolic OH excluding ortho intramolecular Hbond substituents is 1. The molecule has 0 saturated heterocycles. The molecule has 4 N–H and O–H groups in total. The van der Waals surface area contributed by atoms with E-state index in [2.05, 4.69) is 58.7 Å². The number of phenols is 1. The van der Waals surface area contributed by atoms with Crippen LogP contribution in [0, 0.1) is 6.92 Å². The number of aliphatic imine (C=N–C) groups is 1. The second-order valence-corrected chi connectivity index (χ2v) is 6.32. The third-order valence-corrected chi connectivity index (χ3v) is 4.37. The van der Waals surface area contributed by atoms with Gasteiger partial charge in [-0.15, -0.1) is 24.0 Å². The number of hydrogen-bond donors (Lipinski definition) is 4. The molecule has 144 valence electrons. The van der Waals surface area contributed by atoms with Crippen molar-refractivity contribution in [2.45, 2.75) is 26.8 Å². The van der Waals surface area contributed by atoms with Crippen molar-refractivity contribution in [3.8, 4) is 5.75 Å². The number of H-pyrrole nitrogens is 1. The van der Waals surface area contributed by atoms with Crippen LogP contribution in [0.2, 0.25) is 0 Å². The highest BCUT2D eigenvalue weighted by Gasteiger charge is 2.07. The van der Waals surface area contributed by atoms with Gasteiger partial charge in [0.2, 0.25) is 0 Å². The first kappa shape index (κ1) is 21.1. The Kier molecular flexibility index (Phi) is 7.97. The molecule has 0 spiro atoms. The Morgan fingerprint density at radius 1 is 1.11 bits per heavy atom. The second-order valence-electron chi connectivity index (χ2n) is 6.32. The van der Waals surface area contributed by atoms with Gasteiger partial charge < -0.3 is 20.7 Å². The number of rotatable bonds is 6. The topological polar surface area (TPSA) is 72.4 Å². The van der Waals surface area contributed by atoms with Gasteiger partial charge in [0.05, 0.1) is 6.54 Å². The molecule has 27 heavy (non-hydrogen) atoms. The number of para-hydroxylation sites is 1. The van der Waals surface area contributed by atoms with Crippen molar-refractivity contribution in [3.63, 3.8) is 0 Å². The first-order valence-corrected chi connectivity index (χ1v) is 9.03. The van der Waals surface area contributed by atoms with Gasteiger partial charge in [-0.05, 0) is 49.6 Å². The Morgan fingerprint density at radius 2 is 1.93 bits per heavy atom. The maximum Gasteiger partial charge on any atom is 0.191 e. The summed E-state index contributed by atoms with van der Waals surface area (Å²) >= 11 is 0. The van der Waals surface area contributed by atoms with Crippen LogP contribution in [0.1, 0.15) is 23.7 Å². The summed E-state index contributed by atoms with van der Waals surface area (Å²) in [6.45, 7) is 6.30. The molecule has 0 bridgehead atoms. The van der Waals surface area contributed by atoms with Crippen LogP contribution in [-0.4, -0.2) is 29.1 Å². The summed E-state index contributed by atoms with van der Waals surface area (Å²) in [4.78, 5) is 8.05. The molecule has 0 fully saturated rings. The number of aromatic hydroxyl groups is 1. The fourth-order valence-electron chi connectivity index (χ4n) is 3.13. The van der Waals surface area contributed by atoms with E-state index in [1.165, 1.54) is 22.2 Å². The number of halogens is 1. The van der Waals surface area contributed by atoms with Gasteiger partial charge in [-0.3, -0.25) is 0 Å². The molecule has 3 aromatic rings. The van der Waals surface area contributed by atoms with Gasteiger partial charge in [0, 0.05) is 29.7 Å². The van der Waals surface area contributed by atoms with Crippen LogP contribution in [0.3, 0.4) is 0 Å². The van der Waals surface area contributed by atoms with E-state index in [1.54, 1.807) is 12.1 Å². The number of hydrogen-bond acceptors (Lipinski definition) is 2. The van der Waals surface area contributed by atoms with Crippen LogP contribution >= 0.6 is 24.0 Å². The van der Waals surface area contributed by atoms with Gasteiger partial charge >= 0.3 is 0 Å². The van der Waals surface area contributed by atoms with Crippen molar-refractivity contribution in [3.05, 3.63) is 65.4 Å². The van der Waals surface area contributed by atoms with Crippen molar-refractivity contribution < 1.29 is 5.11 Å². The summed E-state index contributed by atoms with van der Waals surface area (Å²) in [6.07, 6.45) is 0.923. The number of aromatic amines is 1. The number of guanidine groups is 1. The first-order chi connectivity index (χ1) is 12.7. The maximum absolute atomic E-state index is 9.56. The first-order valence-electron chi connectivity index (χ1n) is 9.03. The van der Waals surface area contributed by atoms with Crippen LogP contribution < -0.4 is 10.6 Å². The van der Waals surface area contributed by atoms with E-state index in [0.29, 0.717) is 6.54 Å². The molecule has 0 aliphatic heterocycles. The SMILES string of the molecule is CCNC(=NCc1cccc(O)c1)NCCc1c(C)[nH]c2ccccc12.I. The van der Waals surface area contributed by atoms with Crippen LogP contribution in [0.5, 0.6) is 5.75 Å². The van der Waals surface area contributed by atoms with E-state index in [1.807, 2.05) is 12.1 Å². The minimum Gasteiger partial charge on any atom is -0.508 e. The van der Waals surface area contributed by atoms with Gasteiger partial charge in [-0.1, -0.05) is 30.3 Å². The highest BCUT2D eigenvalue weighted by Crippen LogP contribution is 2.21. The number of nitrogens with one attached hydrogen (secondary N) is 3. The molecule has 0 saturated carbocycles. The molecule has 1 aromatic heterocycles. The minimum atomic E-state index is 0. The molecule has 5 nitrogen and oxygen atoms in total. The maximum atomic E-state index is 9.56. The average molecular weight is 478 g/mol. The standard InChI is InChI=1S/C21H26N4O.HI/c1-3-22-21(24-14-16-7-6-8-17(26)13-16)23-12-11-18-15(2)25-20-10-5-4-9-19(18)20;/h4-10,13,25-26H,3,11-12,14H2,1-2H3,(H2,22,23,24);1H. The lowest BCUT2D eigenvalue weighted by molar-refractivity contribution is 0.474. The summed E-state index contributed by atoms with van der Waals surface area (Å²) in [5.74, 6) is 1.05. The quantitative estimate of drug-likeness (QED) is 0.245. The van der Waals surface area contributed by atoms with Gasteiger partial charge in [0.25, 0.3) is 0 Å². The zero-order valence-corrected chi connectivity index (χ0v) is 18.1. The van der Waals surface area contributed by atoms with Crippen LogP contribution in [0.25, 0.3) is 10.9 Å². The zero-order chi connectivity index (χ0) is 18.4. The monoisotopic (exact) mass is 478 g/mol. The lowest BCUT2D eigenvalue weighted by Crippen LogP contribution is -2.38. The molecule has 3 rings (SSSR count). The van der Waals surface area contributed by atoms with Gasteiger partial charge in [0.1, 0.15) is 5.75 Å². The van der Waals surface area contributed by atoms with Gasteiger partial charge in [0.15, 0.2) is 5.96 Å². The second kappa shape index (κ2) is 10.2. The fourth-order valence-corrected chi connectivity index (χ4v) is 3.13. The summed E-state index contributed by atoms with van der Waals surface area (Å²) < 4.78 is 0. The van der Waals surface area contributed by atoms with Gasteiger partial charge in [-0.2, -0.15) is 0 Å². The Morgan fingerprint density at radius 3 is 2.70 bits per heavy atom. The van der Waals surface area contributed by atoms with Crippen molar-refractivity contribution in [1.29, 1.82) is 0 Å². The van der Waals surface area contributed by atoms with Crippen molar-refractivity contribution in [2.75, 3.05) is 13.1 Å². The predicted molar refractivity (Wildman–Crippen MR) is 123 cm³/mol. The number of nitrogens with zero attached hydrogens (tertiary/aromatic N) is 1. The smallest absolute Gasteiger partial charge is 0.191 e. The Hall–Kier alpha value is -2.22.